The van der Waals surface area contributed by atoms with Gasteiger partial charge in [-0.3, -0.25) is 0 Å². The average molecular weight is 257 g/mol. The summed E-state index contributed by atoms with van der Waals surface area (Å²) < 4.78 is 5.34. The molecule has 0 heterocycles. The first kappa shape index (κ1) is 14.3. The van der Waals surface area contributed by atoms with Crippen molar-refractivity contribution in [2.24, 2.45) is 5.73 Å². The molecule has 0 amide bonds. The SMILES string of the molecule is COc1ccc(Cl)cc1C(N)C(C)(C)N(C)C. The molecule has 1 aromatic rings. The van der Waals surface area contributed by atoms with E-state index in [0.29, 0.717) is 5.02 Å². The first-order valence-electron chi connectivity index (χ1n) is 5.57. The normalized spacial score (nSPS) is 13.9. The number of benzene rings is 1. The highest BCUT2D eigenvalue weighted by atomic mass is 35.5. The van der Waals surface area contributed by atoms with Crippen molar-refractivity contribution in [1.82, 2.24) is 4.90 Å². The van der Waals surface area contributed by atoms with E-state index in [1.165, 1.54) is 0 Å². The van der Waals surface area contributed by atoms with Crippen LogP contribution in [0.2, 0.25) is 5.02 Å². The lowest BCUT2D eigenvalue weighted by atomic mass is 9.88. The highest BCUT2D eigenvalue weighted by molar-refractivity contribution is 6.30. The number of hydrogen-bond donors (Lipinski definition) is 1. The lowest BCUT2D eigenvalue weighted by Gasteiger charge is -2.38. The molecule has 1 atom stereocenters. The molecule has 96 valence electrons. The molecular weight excluding hydrogens is 236 g/mol. The van der Waals surface area contributed by atoms with Crippen molar-refractivity contribution in [3.05, 3.63) is 28.8 Å². The molecule has 0 bridgehead atoms. The second-order valence-corrected chi connectivity index (χ2v) is 5.35. The van der Waals surface area contributed by atoms with Crippen molar-refractivity contribution in [3.8, 4) is 5.75 Å². The van der Waals surface area contributed by atoms with Crippen LogP contribution in [0.1, 0.15) is 25.5 Å². The van der Waals surface area contributed by atoms with Gasteiger partial charge < -0.3 is 15.4 Å². The van der Waals surface area contributed by atoms with E-state index in [4.69, 9.17) is 22.1 Å². The smallest absolute Gasteiger partial charge is 0.123 e. The van der Waals surface area contributed by atoms with Gasteiger partial charge in [0.15, 0.2) is 0 Å². The zero-order valence-electron chi connectivity index (χ0n) is 11.1. The van der Waals surface area contributed by atoms with Gasteiger partial charge in [0, 0.05) is 16.1 Å². The molecular formula is C13H21ClN2O. The molecule has 0 aliphatic heterocycles. The third-order valence-corrected chi connectivity index (χ3v) is 3.68. The standard InChI is InChI=1S/C13H21ClN2O/c1-13(2,16(3)4)12(15)10-8-9(14)6-7-11(10)17-5/h6-8,12H,15H2,1-5H3. The lowest BCUT2D eigenvalue weighted by Crippen LogP contribution is -2.47. The summed E-state index contributed by atoms with van der Waals surface area (Å²) in [6, 6.07) is 5.35. The van der Waals surface area contributed by atoms with Gasteiger partial charge in [0.2, 0.25) is 0 Å². The van der Waals surface area contributed by atoms with E-state index in [-0.39, 0.29) is 11.6 Å². The van der Waals surface area contributed by atoms with Crippen LogP contribution in [0, 0.1) is 0 Å². The van der Waals surface area contributed by atoms with Gasteiger partial charge in [-0.1, -0.05) is 11.6 Å². The molecule has 0 aromatic heterocycles. The lowest BCUT2D eigenvalue weighted by molar-refractivity contribution is 0.157. The molecule has 1 aromatic carbocycles. The highest BCUT2D eigenvalue weighted by Crippen LogP contribution is 2.34. The minimum Gasteiger partial charge on any atom is -0.496 e. The van der Waals surface area contributed by atoms with Crippen molar-refractivity contribution < 1.29 is 4.74 Å². The van der Waals surface area contributed by atoms with Gasteiger partial charge in [0.1, 0.15) is 5.75 Å². The molecule has 0 saturated heterocycles. The molecule has 1 rings (SSSR count). The fourth-order valence-corrected chi connectivity index (χ4v) is 1.79. The van der Waals surface area contributed by atoms with Gasteiger partial charge in [-0.05, 0) is 46.1 Å². The van der Waals surface area contributed by atoms with Crippen molar-refractivity contribution in [1.29, 1.82) is 0 Å². The summed E-state index contributed by atoms with van der Waals surface area (Å²) in [5.41, 5.74) is 7.09. The molecule has 0 fully saturated rings. The summed E-state index contributed by atoms with van der Waals surface area (Å²) in [7, 11) is 5.66. The van der Waals surface area contributed by atoms with E-state index in [1.54, 1.807) is 13.2 Å². The zero-order valence-corrected chi connectivity index (χ0v) is 11.9. The second kappa shape index (κ2) is 5.25. The number of methoxy groups -OCH3 is 1. The Bertz CT molecular complexity index is 391. The summed E-state index contributed by atoms with van der Waals surface area (Å²) in [6.07, 6.45) is 0. The monoisotopic (exact) mass is 256 g/mol. The Hall–Kier alpha value is -0.770. The van der Waals surface area contributed by atoms with E-state index < -0.39 is 0 Å². The molecule has 0 saturated carbocycles. The molecule has 0 radical (unpaired) electrons. The van der Waals surface area contributed by atoms with Gasteiger partial charge in [0.25, 0.3) is 0 Å². The van der Waals surface area contributed by atoms with Crippen LogP contribution in [0.4, 0.5) is 0 Å². The van der Waals surface area contributed by atoms with Gasteiger partial charge in [0.05, 0.1) is 13.2 Å². The summed E-state index contributed by atoms with van der Waals surface area (Å²) in [5, 5.41) is 0.672. The van der Waals surface area contributed by atoms with Crippen molar-refractivity contribution in [3.63, 3.8) is 0 Å². The van der Waals surface area contributed by atoms with Crippen LogP contribution in [-0.4, -0.2) is 31.6 Å². The van der Waals surface area contributed by atoms with Gasteiger partial charge in [-0.2, -0.15) is 0 Å². The Balaban J connectivity index is 3.19. The fraction of sp³-hybridized carbons (Fsp3) is 0.538. The maximum atomic E-state index is 6.34. The van der Waals surface area contributed by atoms with Gasteiger partial charge in [-0.25, -0.2) is 0 Å². The minimum absolute atomic E-state index is 0.175. The summed E-state index contributed by atoms with van der Waals surface area (Å²) in [6.45, 7) is 4.19. The van der Waals surface area contributed by atoms with Crippen LogP contribution in [0.25, 0.3) is 0 Å². The number of nitrogens with zero attached hydrogens (tertiary/aromatic N) is 1. The predicted octanol–water partition coefficient (Wildman–Crippen LogP) is 2.69. The van der Waals surface area contributed by atoms with E-state index in [1.807, 2.05) is 26.2 Å². The molecule has 1 unspecified atom stereocenters. The Labute approximate surface area is 109 Å². The average Bonchev–Trinajstić information content (AvgIpc) is 2.27. The molecule has 0 aliphatic rings. The molecule has 3 nitrogen and oxygen atoms in total. The maximum absolute atomic E-state index is 6.34. The fourth-order valence-electron chi connectivity index (χ4n) is 1.61. The number of hydrogen-bond acceptors (Lipinski definition) is 3. The van der Waals surface area contributed by atoms with Crippen molar-refractivity contribution in [2.75, 3.05) is 21.2 Å². The zero-order chi connectivity index (χ0) is 13.2. The Morgan fingerprint density at radius 2 is 1.94 bits per heavy atom. The number of halogens is 1. The number of nitrogens with two attached hydrogens (primary N) is 1. The minimum atomic E-state index is -0.183. The number of ether oxygens (including phenoxy) is 1. The van der Waals surface area contributed by atoms with Crippen LogP contribution in [0.3, 0.4) is 0 Å². The molecule has 4 heteroatoms. The maximum Gasteiger partial charge on any atom is 0.123 e. The quantitative estimate of drug-likeness (QED) is 0.900. The van der Waals surface area contributed by atoms with Crippen LogP contribution >= 0.6 is 11.6 Å². The third-order valence-electron chi connectivity index (χ3n) is 3.44. The first-order valence-corrected chi connectivity index (χ1v) is 5.95. The largest absolute Gasteiger partial charge is 0.496 e. The first-order chi connectivity index (χ1) is 7.80. The Kier molecular flexibility index (Phi) is 4.42. The summed E-state index contributed by atoms with van der Waals surface area (Å²) >= 11 is 6.02. The topological polar surface area (TPSA) is 38.5 Å². The second-order valence-electron chi connectivity index (χ2n) is 4.91. The van der Waals surface area contributed by atoms with E-state index in [9.17, 15) is 0 Å². The van der Waals surface area contributed by atoms with Crippen LogP contribution in [0.15, 0.2) is 18.2 Å². The number of rotatable bonds is 4. The van der Waals surface area contributed by atoms with Crippen LogP contribution in [0.5, 0.6) is 5.75 Å². The van der Waals surface area contributed by atoms with Gasteiger partial charge >= 0.3 is 0 Å². The van der Waals surface area contributed by atoms with Gasteiger partial charge in [-0.15, -0.1) is 0 Å². The van der Waals surface area contributed by atoms with E-state index >= 15 is 0 Å². The summed E-state index contributed by atoms with van der Waals surface area (Å²) in [4.78, 5) is 2.10. The van der Waals surface area contributed by atoms with E-state index in [2.05, 4.69) is 18.7 Å². The summed E-state index contributed by atoms with van der Waals surface area (Å²) in [5.74, 6) is 0.775. The molecule has 0 aliphatic carbocycles. The third kappa shape index (κ3) is 2.92. The Morgan fingerprint density at radius 1 is 1.35 bits per heavy atom. The predicted molar refractivity (Wildman–Crippen MR) is 72.7 cm³/mol. The van der Waals surface area contributed by atoms with Crippen LogP contribution in [-0.2, 0) is 0 Å². The van der Waals surface area contributed by atoms with Crippen molar-refractivity contribution >= 4 is 11.6 Å². The van der Waals surface area contributed by atoms with Crippen molar-refractivity contribution in [2.45, 2.75) is 25.4 Å². The molecule has 17 heavy (non-hydrogen) atoms. The highest BCUT2D eigenvalue weighted by Gasteiger charge is 2.31. The Morgan fingerprint density at radius 3 is 2.41 bits per heavy atom. The van der Waals surface area contributed by atoms with E-state index in [0.717, 1.165) is 11.3 Å². The number of likely N-dealkylation sites (N-methyl/N-ethyl adjacent to an activating group) is 1. The molecule has 2 N–H and O–H groups in total. The molecule has 0 spiro atoms. The van der Waals surface area contributed by atoms with Crippen LogP contribution < -0.4 is 10.5 Å².